The number of rotatable bonds is 4. The van der Waals surface area contributed by atoms with Crippen LogP contribution in [0.1, 0.15) is 11.4 Å². The molecular weight excluding hydrogens is 248 g/mol. The first-order chi connectivity index (χ1) is 9.11. The molecule has 0 radical (unpaired) electrons. The highest BCUT2D eigenvalue weighted by atomic mass is 16.6. The quantitative estimate of drug-likeness (QED) is 0.651. The number of nitro groups is 1. The lowest BCUT2D eigenvalue weighted by atomic mass is 10.2. The third-order valence-electron chi connectivity index (χ3n) is 2.56. The molecule has 96 valence electrons. The van der Waals surface area contributed by atoms with Crippen molar-refractivity contribution in [3.05, 3.63) is 46.0 Å². The molecule has 2 aromatic rings. The molecule has 0 aliphatic carbocycles. The predicted octanol–water partition coefficient (Wildman–Crippen LogP) is 1.21. The van der Waals surface area contributed by atoms with Crippen LogP contribution >= 0.6 is 0 Å². The summed E-state index contributed by atoms with van der Waals surface area (Å²) >= 11 is 0. The van der Waals surface area contributed by atoms with E-state index in [0.29, 0.717) is 11.4 Å². The summed E-state index contributed by atoms with van der Waals surface area (Å²) in [5.74, 6) is 0.636. The molecule has 1 N–H and O–H groups in total. The van der Waals surface area contributed by atoms with E-state index in [1.165, 1.54) is 24.5 Å². The van der Waals surface area contributed by atoms with Gasteiger partial charge in [-0.25, -0.2) is 0 Å². The summed E-state index contributed by atoms with van der Waals surface area (Å²) in [7, 11) is 1.77. The fourth-order valence-corrected chi connectivity index (χ4v) is 1.55. The Kier molecular flexibility index (Phi) is 3.38. The number of nitrogens with one attached hydrogen (secondary N) is 1. The predicted molar refractivity (Wildman–Crippen MR) is 66.1 cm³/mol. The Morgan fingerprint density at radius 3 is 2.95 bits per heavy atom. The zero-order valence-electron chi connectivity index (χ0n) is 10.1. The molecule has 0 saturated carbocycles. The second-order valence-corrected chi connectivity index (χ2v) is 3.81. The molecule has 0 saturated heterocycles. The van der Waals surface area contributed by atoms with Crippen LogP contribution in [0.2, 0.25) is 0 Å². The smallest absolute Gasteiger partial charge is 0.292 e. The third kappa shape index (κ3) is 2.66. The monoisotopic (exact) mass is 258 g/mol. The van der Waals surface area contributed by atoms with Crippen molar-refractivity contribution >= 4 is 11.4 Å². The van der Waals surface area contributed by atoms with Crippen LogP contribution < -0.4 is 5.32 Å². The van der Waals surface area contributed by atoms with E-state index >= 15 is 0 Å². The lowest BCUT2D eigenvalue weighted by molar-refractivity contribution is -0.384. The Hall–Kier alpha value is -2.95. The third-order valence-corrected chi connectivity index (χ3v) is 2.56. The van der Waals surface area contributed by atoms with Gasteiger partial charge in [0.1, 0.15) is 12.0 Å². The van der Waals surface area contributed by atoms with Crippen molar-refractivity contribution in [2.24, 2.45) is 7.05 Å². The van der Waals surface area contributed by atoms with Gasteiger partial charge in [-0.3, -0.25) is 10.1 Å². The van der Waals surface area contributed by atoms with Crippen LogP contribution in [0.3, 0.4) is 0 Å². The van der Waals surface area contributed by atoms with Gasteiger partial charge in [0.05, 0.1) is 23.1 Å². The van der Waals surface area contributed by atoms with Crippen LogP contribution in [0.15, 0.2) is 24.5 Å². The number of nitro benzene ring substituents is 1. The molecule has 0 atom stereocenters. The zero-order chi connectivity index (χ0) is 13.8. The molecule has 1 aromatic heterocycles. The lowest BCUT2D eigenvalue weighted by Gasteiger charge is -2.06. The Labute approximate surface area is 108 Å². The molecule has 0 bridgehead atoms. The van der Waals surface area contributed by atoms with Crippen molar-refractivity contribution in [2.45, 2.75) is 6.54 Å². The van der Waals surface area contributed by atoms with Crippen molar-refractivity contribution in [1.29, 1.82) is 5.26 Å². The Morgan fingerprint density at radius 2 is 2.37 bits per heavy atom. The second-order valence-electron chi connectivity index (χ2n) is 3.81. The van der Waals surface area contributed by atoms with Crippen molar-refractivity contribution in [3.8, 4) is 6.07 Å². The van der Waals surface area contributed by atoms with Crippen LogP contribution in [0.5, 0.6) is 0 Å². The molecular formula is C11H10N6O2. The first-order valence-corrected chi connectivity index (χ1v) is 5.37. The fraction of sp³-hybridized carbons (Fsp3) is 0.182. The van der Waals surface area contributed by atoms with Crippen LogP contribution in [-0.4, -0.2) is 19.7 Å². The average molecular weight is 258 g/mol. The zero-order valence-corrected chi connectivity index (χ0v) is 10.1. The Balaban J connectivity index is 2.25. The van der Waals surface area contributed by atoms with Crippen molar-refractivity contribution in [3.63, 3.8) is 0 Å². The number of benzene rings is 1. The van der Waals surface area contributed by atoms with E-state index in [2.05, 4.69) is 15.5 Å². The molecule has 1 heterocycles. The summed E-state index contributed by atoms with van der Waals surface area (Å²) < 4.78 is 1.70. The number of hydrogen-bond donors (Lipinski definition) is 1. The van der Waals surface area contributed by atoms with Gasteiger partial charge in [-0.05, 0) is 12.1 Å². The minimum absolute atomic E-state index is 0.0823. The van der Waals surface area contributed by atoms with Crippen LogP contribution in [0.4, 0.5) is 11.4 Å². The fourth-order valence-electron chi connectivity index (χ4n) is 1.55. The maximum Gasteiger partial charge on any atom is 0.292 e. The summed E-state index contributed by atoms with van der Waals surface area (Å²) in [6, 6.07) is 6.09. The molecule has 2 rings (SSSR count). The van der Waals surface area contributed by atoms with E-state index in [1.54, 1.807) is 11.6 Å². The van der Waals surface area contributed by atoms with Gasteiger partial charge in [0.15, 0.2) is 5.82 Å². The van der Waals surface area contributed by atoms with E-state index in [1.807, 2.05) is 6.07 Å². The maximum absolute atomic E-state index is 10.9. The summed E-state index contributed by atoms with van der Waals surface area (Å²) in [6.07, 6.45) is 1.54. The number of aryl methyl sites for hydroxylation is 1. The number of hydrogen-bond acceptors (Lipinski definition) is 6. The summed E-state index contributed by atoms with van der Waals surface area (Å²) in [5.41, 5.74) is 0.555. The maximum atomic E-state index is 10.9. The molecule has 8 heteroatoms. The largest absolute Gasteiger partial charge is 0.372 e. The first kappa shape index (κ1) is 12.5. The highest BCUT2D eigenvalue weighted by Gasteiger charge is 2.14. The molecule has 19 heavy (non-hydrogen) atoms. The molecule has 1 aromatic carbocycles. The summed E-state index contributed by atoms with van der Waals surface area (Å²) in [4.78, 5) is 10.4. The van der Waals surface area contributed by atoms with Crippen molar-refractivity contribution in [1.82, 2.24) is 14.8 Å². The SMILES string of the molecule is Cn1cnnc1CNc1cc(C#N)ccc1[N+](=O)[O-]. The molecule has 8 nitrogen and oxygen atoms in total. The molecule has 0 aliphatic rings. The van der Waals surface area contributed by atoms with Crippen LogP contribution in [-0.2, 0) is 13.6 Å². The number of aromatic nitrogens is 3. The van der Waals surface area contributed by atoms with Gasteiger partial charge in [0.25, 0.3) is 5.69 Å². The Bertz CT molecular complexity index is 657. The van der Waals surface area contributed by atoms with E-state index < -0.39 is 4.92 Å². The first-order valence-electron chi connectivity index (χ1n) is 5.37. The van der Waals surface area contributed by atoms with E-state index in [-0.39, 0.29) is 17.9 Å². The number of nitrogens with zero attached hydrogens (tertiary/aromatic N) is 5. The lowest BCUT2D eigenvalue weighted by Crippen LogP contribution is -2.07. The minimum atomic E-state index is -0.500. The molecule has 0 fully saturated rings. The highest BCUT2D eigenvalue weighted by molar-refractivity contribution is 5.64. The van der Waals surface area contributed by atoms with Crippen molar-refractivity contribution in [2.75, 3.05) is 5.32 Å². The van der Waals surface area contributed by atoms with Crippen molar-refractivity contribution < 1.29 is 4.92 Å². The number of nitriles is 1. The van der Waals surface area contributed by atoms with Crippen LogP contribution in [0.25, 0.3) is 0 Å². The van der Waals surface area contributed by atoms with E-state index in [4.69, 9.17) is 5.26 Å². The van der Waals surface area contributed by atoms with Crippen LogP contribution in [0, 0.1) is 21.4 Å². The average Bonchev–Trinajstić information content (AvgIpc) is 2.81. The van der Waals surface area contributed by atoms with Gasteiger partial charge < -0.3 is 9.88 Å². The summed E-state index contributed by atoms with van der Waals surface area (Å²) in [5, 5.41) is 30.2. The second kappa shape index (κ2) is 5.14. The van der Waals surface area contributed by atoms with E-state index in [9.17, 15) is 10.1 Å². The number of anilines is 1. The summed E-state index contributed by atoms with van der Waals surface area (Å²) in [6.45, 7) is 0.284. The molecule has 0 aliphatic heterocycles. The highest BCUT2D eigenvalue weighted by Crippen LogP contribution is 2.25. The van der Waals surface area contributed by atoms with Gasteiger partial charge in [0, 0.05) is 13.1 Å². The topological polar surface area (TPSA) is 110 Å². The molecule has 0 spiro atoms. The van der Waals surface area contributed by atoms with Gasteiger partial charge in [0.2, 0.25) is 0 Å². The van der Waals surface area contributed by atoms with Gasteiger partial charge >= 0.3 is 0 Å². The van der Waals surface area contributed by atoms with Gasteiger partial charge in [-0.2, -0.15) is 5.26 Å². The van der Waals surface area contributed by atoms with Gasteiger partial charge in [-0.15, -0.1) is 10.2 Å². The van der Waals surface area contributed by atoms with E-state index in [0.717, 1.165) is 0 Å². The van der Waals surface area contributed by atoms with Gasteiger partial charge in [-0.1, -0.05) is 0 Å². The minimum Gasteiger partial charge on any atom is -0.372 e. The Morgan fingerprint density at radius 1 is 1.58 bits per heavy atom. The molecule has 0 unspecified atom stereocenters. The normalized spacial score (nSPS) is 9.89. The standard InChI is InChI=1S/C11H10N6O2/c1-16-7-14-15-11(16)6-13-9-4-8(5-12)2-3-10(9)17(18)19/h2-4,7,13H,6H2,1H3. The molecule has 0 amide bonds.